The van der Waals surface area contributed by atoms with Crippen LogP contribution in [0.4, 0.5) is 19.0 Å². The molecule has 1 unspecified atom stereocenters. The summed E-state index contributed by atoms with van der Waals surface area (Å²) in [7, 11) is 0. The number of anilines is 1. The highest BCUT2D eigenvalue weighted by Crippen LogP contribution is 2.47. The van der Waals surface area contributed by atoms with Gasteiger partial charge in [-0.25, -0.2) is 15.0 Å². The lowest BCUT2D eigenvalue weighted by Crippen LogP contribution is -2.59. The Bertz CT molecular complexity index is 970. The van der Waals surface area contributed by atoms with E-state index in [1.54, 1.807) is 4.90 Å². The van der Waals surface area contributed by atoms with Crippen molar-refractivity contribution in [2.75, 3.05) is 18.1 Å². The number of hydrogen-bond donors (Lipinski definition) is 4. The van der Waals surface area contributed by atoms with E-state index in [1.165, 1.54) is 0 Å². The summed E-state index contributed by atoms with van der Waals surface area (Å²) < 4.78 is 46.5. The number of imidazole rings is 1. The molecule has 2 aliphatic rings. The fraction of sp³-hybridized carbons (Fsp3) is 0.625. The zero-order valence-corrected chi connectivity index (χ0v) is 15.4. The second-order valence-corrected chi connectivity index (χ2v) is 7.24. The van der Waals surface area contributed by atoms with Crippen LogP contribution in [-0.2, 0) is 9.53 Å². The molecule has 2 fully saturated rings. The van der Waals surface area contributed by atoms with Gasteiger partial charge in [-0.05, 0) is 12.8 Å². The van der Waals surface area contributed by atoms with Crippen LogP contribution in [0.25, 0.3) is 11.2 Å². The highest BCUT2D eigenvalue weighted by atomic mass is 19.4. The fourth-order valence-electron chi connectivity index (χ4n) is 4.06. The SMILES string of the molecule is NC(=O)C1CCCN1c1ncnc2c1ncn2[C@@H]1O[C@H](CO)[C@](O)(C(F)(F)F)[C@H]1O. The van der Waals surface area contributed by atoms with Crippen molar-refractivity contribution in [3.8, 4) is 0 Å². The molecule has 0 bridgehead atoms. The lowest BCUT2D eigenvalue weighted by Gasteiger charge is -2.31. The maximum absolute atomic E-state index is 13.4. The summed E-state index contributed by atoms with van der Waals surface area (Å²) in [6, 6.07) is -0.615. The van der Waals surface area contributed by atoms with Crippen LogP contribution in [0.15, 0.2) is 12.7 Å². The van der Waals surface area contributed by atoms with Gasteiger partial charge in [0.15, 0.2) is 23.2 Å². The number of amides is 1. The summed E-state index contributed by atoms with van der Waals surface area (Å²) in [5.41, 5.74) is 1.92. The van der Waals surface area contributed by atoms with E-state index in [0.29, 0.717) is 19.4 Å². The minimum Gasteiger partial charge on any atom is -0.394 e. The molecule has 2 aromatic rings. The normalized spacial score (nSPS) is 32.3. The van der Waals surface area contributed by atoms with E-state index in [0.717, 1.165) is 17.2 Å². The molecule has 2 aromatic heterocycles. The van der Waals surface area contributed by atoms with Crippen molar-refractivity contribution in [3.63, 3.8) is 0 Å². The van der Waals surface area contributed by atoms with Crippen LogP contribution in [0, 0.1) is 0 Å². The Balaban J connectivity index is 1.76. The van der Waals surface area contributed by atoms with E-state index >= 15 is 0 Å². The molecular formula is C16H19F3N6O5. The number of halogens is 3. The lowest BCUT2D eigenvalue weighted by molar-refractivity contribution is -0.296. The third kappa shape index (κ3) is 2.82. The van der Waals surface area contributed by atoms with E-state index in [-0.39, 0.29) is 17.0 Å². The van der Waals surface area contributed by atoms with E-state index < -0.39 is 48.8 Å². The first-order valence-corrected chi connectivity index (χ1v) is 9.08. The number of nitrogens with zero attached hydrogens (tertiary/aromatic N) is 5. The van der Waals surface area contributed by atoms with Gasteiger partial charge in [0.1, 0.15) is 24.6 Å². The van der Waals surface area contributed by atoms with Gasteiger partial charge in [0.05, 0.1) is 12.9 Å². The van der Waals surface area contributed by atoms with Crippen LogP contribution >= 0.6 is 0 Å². The molecule has 0 aromatic carbocycles. The minimum absolute atomic E-state index is 0.0160. The van der Waals surface area contributed by atoms with Crippen LogP contribution in [0.5, 0.6) is 0 Å². The maximum Gasteiger partial charge on any atom is 0.422 e. The van der Waals surface area contributed by atoms with E-state index in [9.17, 15) is 33.3 Å². The largest absolute Gasteiger partial charge is 0.422 e. The summed E-state index contributed by atoms with van der Waals surface area (Å²) in [5, 5.41) is 29.7. The van der Waals surface area contributed by atoms with Crippen molar-refractivity contribution in [2.24, 2.45) is 5.73 Å². The highest BCUT2D eigenvalue weighted by Gasteiger charge is 2.70. The molecule has 0 saturated carbocycles. The van der Waals surface area contributed by atoms with Gasteiger partial charge in [-0.2, -0.15) is 13.2 Å². The Morgan fingerprint density at radius 3 is 2.70 bits per heavy atom. The van der Waals surface area contributed by atoms with E-state index in [2.05, 4.69) is 15.0 Å². The first-order chi connectivity index (χ1) is 14.1. The van der Waals surface area contributed by atoms with Gasteiger partial charge in [-0.3, -0.25) is 9.36 Å². The molecule has 30 heavy (non-hydrogen) atoms. The Morgan fingerprint density at radius 1 is 1.37 bits per heavy atom. The molecule has 5 N–H and O–H groups in total. The third-order valence-electron chi connectivity index (χ3n) is 5.60. The molecular weight excluding hydrogens is 413 g/mol. The molecule has 2 aliphatic heterocycles. The minimum atomic E-state index is -5.27. The van der Waals surface area contributed by atoms with Crippen molar-refractivity contribution in [2.45, 2.75) is 49.1 Å². The molecule has 5 atom stereocenters. The number of aliphatic hydroxyl groups is 3. The summed E-state index contributed by atoms with van der Waals surface area (Å²) in [5.74, 6) is -0.286. The molecule has 4 heterocycles. The van der Waals surface area contributed by atoms with E-state index in [1.807, 2.05) is 0 Å². The number of rotatable bonds is 4. The number of fused-ring (bicyclic) bond motifs is 1. The number of alkyl halides is 3. The molecule has 1 amide bonds. The number of hydrogen-bond acceptors (Lipinski definition) is 9. The topological polar surface area (TPSA) is 160 Å². The zero-order chi connectivity index (χ0) is 21.8. The average molecular weight is 432 g/mol. The van der Waals surface area contributed by atoms with Crippen LogP contribution in [0.3, 0.4) is 0 Å². The monoisotopic (exact) mass is 432 g/mol. The standard InChI is InChI=1S/C16H19F3N6O5/c17-16(18,19)15(29)8(4-26)30-14(10(15)27)25-6-23-9-12(21-5-22-13(9)25)24-3-1-2-7(24)11(20)28/h5-8,10,14,26-27,29H,1-4H2,(H2,20,28)/t7?,8-,10+,14-,15-/m1/s1. The Hall–Kier alpha value is -2.55. The zero-order valence-electron chi connectivity index (χ0n) is 15.4. The number of carbonyl (C=O) groups is 1. The Kier molecular flexibility index (Phi) is 4.84. The quantitative estimate of drug-likeness (QED) is 0.466. The number of primary amides is 1. The van der Waals surface area contributed by atoms with Crippen molar-refractivity contribution >= 4 is 22.9 Å². The first-order valence-electron chi connectivity index (χ1n) is 9.08. The van der Waals surface area contributed by atoms with E-state index in [4.69, 9.17) is 10.5 Å². The second-order valence-electron chi connectivity index (χ2n) is 7.24. The number of aromatic nitrogens is 4. The average Bonchev–Trinajstić information content (AvgIpc) is 3.39. The number of aliphatic hydroxyl groups excluding tert-OH is 2. The van der Waals surface area contributed by atoms with Gasteiger partial charge in [0.2, 0.25) is 11.5 Å². The first kappa shape index (κ1) is 20.7. The van der Waals surface area contributed by atoms with Gasteiger partial charge >= 0.3 is 6.18 Å². The second kappa shape index (κ2) is 7.01. The fourth-order valence-corrected chi connectivity index (χ4v) is 4.06. The lowest BCUT2D eigenvalue weighted by atomic mass is 9.91. The molecule has 11 nitrogen and oxygen atoms in total. The van der Waals surface area contributed by atoms with Crippen molar-refractivity contribution in [1.82, 2.24) is 19.5 Å². The smallest absolute Gasteiger partial charge is 0.394 e. The van der Waals surface area contributed by atoms with Gasteiger partial charge in [-0.1, -0.05) is 0 Å². The van der Waals surface area contributed by atoms with Gasteiger partial charge in [-0.15, -0.1) is 0 Å². The highest BCUT2D eigenvalue weighted by molar-refractivity contribution is 5.89. The Morgan fingerprint density at radius 2 is 2.10 bits per heavy atom. The summed E-state index contributed by atoms with van der Waals surface area (Å²) in [4.78, 5) is 25.6. The van der Waals surface area contributed by atoms with Gasteiger partial charge in [0.25, 0.3) is 0 Å². The summed E-state index contributed by atoms with van der Waals surface area (Å²) in [6.07, 6.45) is -8.16. The van der Waals surface area contributed by atoms with Crippen molar-refractivity contribution < 1.29 is 38.0 Å². The third-order valence-corrected chi connectivity index (χ3v) is 5.60. The van der Waals surface area contributed by atoms with Crippen LogP contribution in [0.2, 0.25) is 0 Å². The predicted octanol–water partition coefficient (Wildman–Crippen LogP) is -1.18. The van der Waals surface area contributed by atoms with Gasteiger partial charge in [0, 0.05) is 6.54 Å². The Labute approximate surface area is 166 Å². The number of carbonyl (C=O) groups excluding carboxylic acids is 1. The van der Waals surface area contributed by atoms with Crippen LogP contribution in [-0.4, -0.2) is 83.9 Å². The molecule has 0 radical (unpaired) electrons. The molecule has 4 rings (SSSR count). The summed E-state index contributed by atoms with van der Waals surface area (Å²) >= 11 is 0. The molecule has 14 heteroatoms. The molecule has 164 valence electrons. The van der Waals surface area contributed by atoms with Gasteiger partial charge < -0.3 is 30.7 Å². The number of nitrogens with two attached hydrogens (primary N) is 1. The van der Waals surface area contributed by atoms with Crippen molar-refractivity contribution in [1.29, 1.82) is 0 Å². The molecule has 0 spiro atoms. The number of ether oxygens (including phenoxy) is 1. The van der Waals surface area contributed by atoms with Crippen LogP contribution in [0.1, 0.15) is 19.1 Å². The van der Waals surface area contributed by atoms with Crippen LogP contribution < -0.4 is 10.6 Å². The maximum atomic E-state index is 13.4. The molecule has 0 aliphatic carbocycles. The van der Waals surface area contributed by atoms with Crippen molar-refractivity contribution in [3.05, 3.63) is 12.7 Å². The predicted molar refractivity (Wildman–Crippen MR) is 92.9 cm³/mol. The summed E-state index contributed by atoms with van der Waals surface area (Å²) in [6.45, 7) is -0.708. The molecule has 2 saturated heterocycles.